The molecule has 0 aliphatic carbocycles. The molecule has 0 fully saturated rings. The van der Waals surface area contributed by atoms with E-state index in [4.69, 9.17) is 16.3 Å². The van der Waals surface area contributed by atoms with E-state index in [1.54, 1.807) is 12.1 Å². The van der Waals surface area contributed by atoms with Crippen molar-refractivity contribution < 1.29 is 9.13 Å². The van der Waals surface area contributed by atoms with Crippen molar-refractivity contribution in [2.75, 3.05) is 0 Å². The number of fused-ring (bicyclic) bond motifs is 1. The summed E-state index contributed by atoms with van der Waals surface area (Å²) in [5, 5.41) is 0.321. The lowest BCUT2D eigenvalue weighted by atomic mass is 9.90. The highest BCUT2D eigenvalue weighted by Crippen LogP contribution is 2.39. The van der Waals surface area contributed by atoms with Gasteiger partial charge in [0.1, 0.15) is 16.6 Å². The molecule has 0 unspecified atom stereocenters. The summed E-state index contributed by atoms with van der Waals surface area (Å²) in [6.45, 7) is 5.91. The average molecular weight is 306 g/mol. The van der Waals surface area contributed by atoms with E-state index >= 15 is 0 Å². The maximum Gasteiger partial charge on any atom is 0.219 e. The van der Waals surface area contributed by atoms with Crippen LogP contribution in [0.3, 0.4) is 0 Å². The minimum Gasteiger partial charge on any atom is -0.471 e. The van der Waals surface area contributed by atoms with E-state index in [1.165, 1.54) is 6.07 Å². The molecular formula is C17H17ClFNO. The molecule has 2 nitrogen and oxygen atoms in total. The molecule has 0 spiro atoms. The minimum atomic E-state index is -0.270. The zero-order valence-electron chi connectivity index (χ0n) is 12.3. The molecular weight excluding hydrogens is 289 g/mol. The number of benzene rings is 1. The van der Waals surface area contributed by atoms with Crippen LogP contribution in [0.15, 0.2) is 24.3 Å². The van der Waals surface area contributed by atoms with Crippen molar-refractivity contribution in [3.05, 3.63) is 46.4 Å². The first kappa shape index (κ1) is 14.3. The molecule has 2 aromatic rings. The summed E-state index contributed by atoms with van der Waals surface area (Å²) in [6, 6.07) is 6.93. The van der Waals surface area contributed by atoms with Gasteiger partial charge in [-0.3, -0.25) is 0 Å². The van der Waals surface area contributed by atoms with Crippen molar-refractivity contribution in [2.45, 2.75) is 39.2 Å². The molecule has 0 saturated heterocycles. The van der Waals surface area contributed by atoms with Gasteiger partial charge in [0.15, 0.2) is 0 Å². The largest absolute Gasteiger partial charge is 0.471 e. The Balaban J connectivity index is 2.18. The lowest BCUT2D eigenvalue weighted by Crippen LogP contribution is -2.33. The molecule has 110 valence electrons. The maximum absolute atomic E-state index is 14.3. The number of hydrogen-bond donors (Lipinski definition) is 0. The highest BCUT2D eigenvalue weighted by atomic mass is 35.5. The Bertz CT molecular complexity index is 712. The fraction of sp³-hybridized carbons (Fsp3) is 0.353. The second kappa shape index (κ2) is 4.99. The van der Waals surface area contributed by atoms with Crippen LogP contribution in [0.5, 0.6) is 5.88 Å². The van der Waals surface area contributed by atoms with Gasteiger partial charge >= 0.3 is 0 Å². The third kappa shape index (κ3) is 2.75. The Morgan fingerprint density at radius 3 is 2.71 bits per heavy atom. The van der Waals surface area contributed by atoms with E-state index in [2.05, 4.69) is 4.98 Å². The lowest BCUT2D eigenvalue weighted by Gasteiger charge is -2.32. The fourth-order valence-corrected chi connectivity index (χ4v) is 2.85. The quantitative estimate of drug-likeness (QED) is 0.695. The van der Waals surface area contributed by atoms with Crippen LogP contribution < -0.4 is 4.74 Å². The van der Waals surface area contributed by atoms with E-state index in [0.717, 1.165) is 29.5 Å². The van der Waals surface area contributed by atoms with Crippen molar-refractivity contribution >= 4 is 11.6 Å². The zero-order valence-corrected chi connectivity index (χ0v) is 13.1. The minimum absolute atomic E-state index is 0.246. The van der Waals surface area contributed by atoms with Crippen molar-refractivity contribution in [3.8, 4) is 17.0 Å². The lowest BCUT2D eigenvalue weighted by molar-refractivity contribution is 0.0786. The normalized spacial score (nSPS) is 16.2. The van der Waals surface area contributed by atoms with Crippen molar-refractivity contribution in [2.24, 2.45) is 0 Å². The number of halogens is 2. The number of hydrogen-bond acceptors (Lipinski definition) is 2. The second-order valence-electron chi connectivity index (χ2n) is 6.12. The Kier molecular flexibility index (Phi) is 3.40. The molecule has 1 aromatic carbocycles. The van der Waals surface area contributed by atoms with Gasteiger partial charge in [0, 0.05) is 11.1 Å². The predicted octanol–water partition coefficient (Wildman–Crippen LogP) is 4.95. The number of nitrogens with zero attached hydrogens (tertiary/aromatic N) is 1. The van der Waals surface area contributed by atoms with Gasteiger partial charge in [0.2, 0.25) is 5.88 Å². The Hall–Kier alpha value is -1.61. The van der Waals surface area contributed by atoms with Crippen molar-refractivity contribution in [3.63, 3.8) is 0 Å². The maximum atomic E-state index is 14.3. The van der Waals surface area contributed by atoms with Gasteiger partial charge < -0.3 is 4.74 Å². The monoisotopic (exact) mass is 305 g/mol. The van der Waals surface area contributed by atoms with Crippen LogP contribution in [-0.4, -0.2) is 10.6 Å². The Morgan fingerprint density at radius 2 is 2.00 bits per heavy atom. The Morgan fingerprint density at radius 1 is 1.24 bits per heavy atom. The summed E-state index contributed by atoms with van der Waals surface area (Å²) in [4.78, 5) is 4.26. The molecule has 0 N–H and O–H groups in total. The molecule has 0 amide bonds. The predicted molar refractivity (Wildman–Crippen MR) is 82.4 cm³/mol. The van der Waals surface area contributed by atoms with Crippen molar-refractivity contribution in [1.82, 2.24) is 4.98 Å². The third-order valence-electron chi connectivity index (χ3n) is 3.82. The number of ether oxygens (including phenoxy) is 1. The molecule has 0 atom stereocenters. The summed E-state index contributed by atoms with van der Waals surface area (Å²) >= 11 is 6.09. The van der Waals surface area contributed by atoms with E-state index in [0.29, 0.717) is 16.6 Å². The van der Waals surface area contributed by atoms with Gasteiger partial charge in [0.05, 0.1) is 0 Å². The number of aryl methyl sites for hydroxylation is 1. The van der Waals surface area contributed by atoms with Gasteiger partial charge in [-0.05, 0) is 56.9 Å². The van der Waals surface area contributed by atoms with E-state index in [1.807, 2.05) is 26.8 Å². The van der Waals surface area contributed by atoms with Crippen LogP contribution in [0.25, 0.3) is 11.1 Å². The van der Waals surface area contributed by atoms with Crippen LogP contribution in [0.4, 0.5) is 4.39 Å². The second-order valence-corrected chi connectivity index (χ2v) is 6.51. The molecule has 0 bridgehead atoms. The van der Waals surface area contributed by atoms with E-state index < -0.39 is 0 Å². The van der Waals surface area contributed by atoms with Crippen LogP contribution in [0, 0.1) is 12.7 Å². The molecule has 0 saturated carbocycles. The molecule has 4 heteroatoms. The van der Waals surface area contributed by atoms with Gasteiger partial charge in [0.25, 0.3) is 0 Å². The number of aromatic nitrogens is 1. The van der Waals surface area contributed by atoms with Gasteiger partial charge in [-0.1, -0.05) is 23.7 Å². The van der Waals surface area contributed by atoms with Crippen LogP contribution in [0.2, 0.25) is 5.15 Å². The molecule has 21 heavy (non-hydrogen) atoms. The average Bonchev–Trinajstić information content (AvgIpc) is 2.36. The third-order valence-corrected chi connectivity index (χ3v) is 4.01. The zero-order chi connectivity index (χ0) is 15.2. The topological polar surface area (TPSA) is 22.1 Å². The first-order valence-electron chi connectivity index (χ1n) is 7.01. The molecule has 1 aromatic heterocycles. The summed E-state index contributed by atoms with van der Waals surface area (Å²) in [5.41, 5.74) is 2.87. The molecule has 3 rings (SSSR count). The van der Waals surface area contributed by atoms with Crippen LogP contribution >= 0.6 is 11.6 Å². The summed E-state index contributed by atoms with van der Waals surface area (Å²) in [5.74, 6) is 0.276. The number of rotatable bonds is 1. The highest BCUT2D eigenvalue weighted by molar-refractivity contribution is 6.29. The summed E-state index contributed by atoms with van der Waals surface area (Å²) < 4.78 is 20.2. The first-order chi connectivity index (χ1) is 9.85. The molecule has 2 heterocycles. The van der Waals surface area contributed by atoms with E-state index in [-0.39, 0.29) is 11.4 Å². The fourth-order valence-electron chi connectivity index (χ4n) is 2.66. The number of pyridine rings is 1. The summed E-state index contributed by atoms with van der Waals surface area (Å²) in [7, 11) is 0. The highest BCUT2D eigenvalue weighted by Gasteiger charge is 2.30. The molecule has 1 aliphatic heterocycles. The van der Waals surface area contributed by atoms with Crippen LogP contribution in [-0.2, 0) is 6.42 Å². The van der Waals surface area contributed by atoms with Gasteiger partial charge in [-0.25, -0.2) is 9.37 Å². The van der Waals surface area contributed by atoms with Crippen molar-refractivity contribution in [1.29, 1.82) is 0 Å². The van der Waals surface area contributed by atoms with Gasteiger partial charge in [-0.2, -0.15) is 0 Å². The van der Waals surface area contributed by atoms with E-state index in [9.17, 15) is 4.39 Å². The van der Waals surface area contributed by atoms with Gasteiger partial charge in [-0.15, -0.1) is 0 Å². The summed E-state index contributed by atoms with van der Waals surface area (Å²) in [6.07, 6.45) is 1.67. The molecule has 0 radical (unpaired) electrons. The molecule has 1 aliphatic rings. The smallest absolute Gasteiger partial charge is 0.219 e. The SMILES string of the molecule is Cc1ccc(-c2cc(Cl)nc3c2CCC(C)(C)O3)c(F)c1. The Labute approximate surface area is 128 Å². The standard InChI is InChI=1S/C17H17ClFNO/c1-10-4-5-11(14(19)8-10)13-9-15(18)20-16-12(13)6-7-17(2,3)21-16/h4-5,8-9H,6-7H2,1-3H3. The first-order valence-corrected chi connectivity index (χ1v) is 7.38. The van der Waals surface area contributed by atoms with Crippen LogP contribution in [0.1, 0.15) is 31.4 Å².